The molecule has 1 amide bonds. The van der Waals surface area contributed by atoms with Gasteiger partial charge in [0.2, 0.25) is 11.1 Å². The van der Waals surface area contributed by atoms with Crippen LogP contribution in [0, 0.1) is 6.92 Å². The van der Waals surface area contributed by atoms with Crippen molar-refractivity contribution in [1.82, 2.24) is 25.1 Å². The van der Waals surface area contributed by atoms with Gasteiger partial charge in [0, 0.05) is 12.6 Å². The molecule has 0 N–H and O–H groups in total. The van der Waals surface area contributed by atoms with E-state index in [1.165, 1.54) is 18.2 Å². The quantitative estimate of drug-likeness (QED) is 0.767. The van der Waals surface area contributed by atoms with E-state index in [9.17, 15) is 4.79 Å². The molecule has 1 aliphatic rings. The van der Waals surface area contributed by atoms with Gasteiger partial charge in [-0.15, -0.1) is 5.10 Å². The van der Waals surface area contributed by atoms with Gasteiger partial charge in [-0.2, -0.15) is 4.68 Å². The summed E-state index contributed by atoms with van der Waals surface area (Å²) in [6, 6.07) is 8.39. The Hall–Kier alpha value is -1.89. The minimum atomic E-state index is -0.207. The molecule has 2 heterocycles. The van der Waals surface area contributed by atoms with Crippen LogP contribution in [-0.2, 0) is 4.79 Å². The molecule has 7 heteroatoms. The van der Waals surface area contributed by atoms with Gasteiger partial charge in [0.25, 0.3) is 0 Å². The fourth-order valence-electron chi connectivity index (χ4n) is 3.33. The Kier molecular flexibility index (Phi) is 5.73. The molecule has 2 atom stereocenters. The van der Waals surface area contributed by atoms with Crippen LogP contribution >= 0.6 is 11.8 Å². The smallest absolute Gasteiger partial charge is 0.236 e. The highest BCUT2D eigenvalue weighted by atomic mass is 32.2. The molecule has 0 bridgehead atoms. The Bertz CT molecular complexity index is 732. The first-order valence-corrected chi connectivity index (χ1v) is 9.80. The lowest BCUT2D eigenvalue weighted by molar-refractivity contribution is -0.134. The lowest BCUT2D eigenvalue weighted by atomic mass is 10.00. The molecule has 134 valence electrons. The number of rotatable bonds is 5. The maximum Gasteiger partial charge on any atom is 0.236 e. The molecule has 6 nitrogen and oxygen atoms in total. The molecule has 1 fully saturated rings. The van der Waals surface area contributed by atoms with Gasteiger partial charge in [0.05, 0.1) is 10.9 Å². The van der Waals surface area contributed by atoms with E-state index in [0.29, 0.717) is 11.2 Å². The fraction of sp³-hybridized carbons (Fsp3) is 0.556. The molecular weight excluding hydrogens is 334 g/mol. The maximum absolute atomic E-state index is 12.9. The molecule has 1 aromatic heterocycles. The van der Waals surface area contributed by atoms with Crippen molar-refractivity contribution in [1.29, 1.82) is 0 Å². The number of carbonyl (C=O) groups is 1. The van der Waals surface area contributed by atoms with Gasteiger partial charge in [-0.25, -0.2) is 0 Å². The average molecular weight is 359 g/mol. The highest BCUT2D eigenvalue weighted by Gasteiger charge is 2.30. The Labute approximate surface area is 153 Å². The van der Waals surface area contributed by atoms with E-state index in [2.05, 4.69) is 27.3 Å². The number of aryl methyl sites for hydroxylation is 1. The number of benzene rings is 1. The molecular formula is C18H25N5OS. The van der Waals surface area contributed by atoms with Crippen molar-refractivity contribution in [3.05, 3.63) is 29.8 Å². The summed E-state index contributed by atoms with van der Waals surface area (Å²) in [6.45, 7) is 7.01. The molecule has 0 unspecified atom stereocenters. The second-order valence-electron chi connectivity index (χ2n) is 6.56. The lowest BCUT2D eigenvalue weighted by Gasteiger charge is -2.36. The Morgan fingerprint density at radius 2 is 2.24 bits per heavy atom. The Balaban J connectivity index is 1.74. The minimum Gasteiger partial charge on any atom is -0.339 e. The number of piperidine rings is 1. The number of nitrogens with zero attached hydrogens (tertiary/aromatic N) is 5. The second-order valence-corrected chi connectivity index (χ2v) is 7.87. The van der Waals surface area contributed by atoms with Crippen molar-refractivity contribution >= 4 is 17.7 Å². The molecule has 0 aliphatic carbocycles. The number of tetrazole rings is 1. The van der Waals surface area contributed by atoms with Crippen LogP contribution in [0.1, 0.15) is 45.1 Å². The van der Waals surface area contributed by atoms with Gasteiger partial charge < -0.3 is 4.90 Å². The first-order chi connectivity index (χ1) is 12.1. The van der Waals surface area contributed by atoms with Crippen LogP contribution in [0.2, 0.25) is 0 Å². The van der Waals surface area contributed by atoms with Gasteiger partial charge in [0.15, 0.2) is 0 Å². The first kappa shape index (κ1) is 17.9. The average Bonchev–Trinajstić information content (AvgIpc) is 3.09. The summed E-state index contributed by atoms with van der Waals surface area (Å²) in [5.41, 5.74) is 2.06. The summed E-state index contributed by atoms with van der Waals surface area (Å²) in [6.07, 6.45) is 4.45. The van der Waals surface area contributed by atoms with E-state index < -0.39 is 0 Å². The SMILES string of the molecule is CC[C@@H]1CCCCN1C(=O)[C@@H](C)Sc1nnnn1-c1cccc(C)c1. The van der Waals surface area contributed by atoms with Crippen LogP contribution in [0.5, 0.6) is 0 Å². The highest BCUT2D eigenvalue weighted by Crippen LogP contribution is 2.27. The molecule has 1 aromatic carbocycles. The fourth-order valence-corrected chi connectivity index (χ4v) is 4.21. The zero-order chi connectivity index (χ0) is 17.8. The minimum absolute atomic E-state index is 0.190. The van der Waals surface area contributed by atoms with Crippen LogP contribution in [-0.4, -0.2) is 48.9 Å². The molecule has 2 aromatic rings. The Morgan fingerprint density at radius 3 is 3.00 bits per heavy atom. The molecule has 3 rings (SSSR count). The van der Waals surface area contributed by atoms with Crippen molar-refractivity contribution < 1.29 is 4.79 Å². The molecule has 1 aliphatic heterocycles. The maximum atomic E-state index is 12.9. The number of thioether (sulfide) groups is 1. The van der Waals surface area contributed by atoms with Gasteiger partial charge in [-0.05, 0) is 67.7 Å². The number of hydrogen-bond acceptors (Lipinski definition) is 5. The zero-order valence-corrected chi connectivity index (χ0v) is 15.9. The summed E-state index contributed by atoms with van der Waals surface area (Å²) in [7, 11) is 0. The van der Waals surface area contributed by atoms with Crippen molar-refractivity contribution in [2.24, 2.45) is 0 Å². The summed E-state index contributed by atoms with van der Waals surface area (Å²) < 4.78 is 1.70. The number of likely N-dealkylation sites (tertiary alicyclic amines) is 1. The Morgan fingerprint density at radius 1 is 1.40 bits per heavy atom. The second kappa shape index (κ2) is 7.99. The van der Waals surface area contributed by atoms with Gasteiger partial charge >= 0.3 is 0 Å². The van der Waals surface area contributed by atoms with Crippen molar-refractivity contribution in [2.45, 2.75) is 62.9 Å². The van der Waals surface area contributed by atoms with Crippen molar-refractivity contribution in [3.63, 3.8) is 0 Å². The van der Waals surface area contributed by atoms with Crippen molar-refractivity contribution in [2.75, 3.05) is 6.54 Å². The summed E-state index contributed by atoms with van der Waals surface area (Å²) in [4.78, 5) is 15.0. The first-order valence-electron chi connectivity index (χ1n) is 8.92. The summed E-state index contributed by atoms with van der Waals surface area (Å²) >= 11 is 1.43. The van der Waals surface area contributed by atoms with Crippen LogP contribution in [0.3, 0.4) is 0 Å². The van der Waals surface area contributed by atoms with Crippen LogP contribution < -0.4 is 0 Å². The zero-order valence-electron chi connectivity index (χ0n) is 15.1. The van der Waals surface area contributed by atoms with Crippen LogP contribution in [0.4, 0.5) is 0 Å². The number of amides is 1. The van der Waals surface area contributed by atoms with Gasteiger partial charge in [0.1, 0.15) is 0 Å². The van der Waals surface area contributed by atoms with Crippen LogP contribution in [0.25, 0.3) is 5.69 Å². The van der Waals surface area contributed by atoms with E-state index in [0.717, 1.165) is 37.1 Å². The number of aromatic nitrogens is 4. The monoisotopic (exact) mass is 359 g/mol. The van der Waals surface area contributed by atoms with Crippen molar-refractivity contribution in [3.8, 4) is 5.69 Å². The van der Waals surface area contributed by atoms with Crippen LogP contribution in [0.15, 0.2) is 29.4 Å². The topological polar surface area (TPSA) is 63.9 Å². The molecule has 0 saturated carbocycles. The predicted octanol–water partition coefficient (Wildman–Crippen LogP) is 3.24. The van der Waals surface area contributed by atoms with E-state index in [1.807, 2.05) is 38.1 Å². The van der Waals surface area contributed by atoms with E-state index in [1.54, 1.807) is 4.68 Å². The standard InChI is InChI=1S/C18H25N5OS/c1-4-15-9-5-6-11-22(15)17(24)14(3)25-18-19-20-21-23(18)16-10-7-8-13(2)12-16/h7-8,10,12,14-15H,4-6,9,11H2,1-3H3/t14-,15-/m1/s1. The summed E-state index contributed by atoms with van der Waals surface area (Å²) in [5, 5.41) is 12.5. The highest BCUT2D eigenvalue weighted by molar-refractivity contribution is 8.00. The van der Waals surface area contributed by atoms with E-state index in [-0.39, 0.29) is 11.2 Å². The lowest BCUT2D eigenvalue weighted by Crippen LogP contribution is -2.46. The third-order valence-corrected chi connectivity index (χ3v) is 5.72. The molecule has 25 heavy (non-hydrogen) atoms. The van der Waals surface area contributed by atoms with Gasteiger partial charge in [-0.3, -0.25) is 4.79 Å². The van der Waals surface area contributed by atoms with E-state index in [4.69, 9.17) is 0 Å². The number of carbonyl (C=O) groups excluding carboxylic acids is 1. The largest absolute Gasteiger partial charge is 0.339 e. The summed E-state index contributed by atoms with van der Waals surface area (Å²) in [5.74, 6) is 0.190. The van der Waals surface area contributed by atoms with E-state index >= 15 is 0 Å². The molecule has 1 saturated heterocycles. The molecule has 0 spiro atoms. The molecule has 0 radical (unpaired) electrons. The van der Waals surface area contributed by atoms with Gasteiger partial charge in [-0.1, -0.05) is 30.8 Å². The predicted molar refractivity (Wildman–Crippen MR) is 98.9 cm³/mol. The third kappa shape index (κ3) is 4.03. The normalized spacial score (nSPS) is 19.0. The third-order valence-electron chi connectivity index (χ3n) is 4.70. The number of hydrogen-bond donors (Lipinski definition) is 0.